The fraction of sp³-hybridized carbons (Fsp3) is 0.0769. The molecule has 0 spiro atoms. The minimum absolute atomic E-state index is 0.113. The third-order valence-corrected chi connectivity index (χ3v) is 3.50. The molecular formula is C13H9FN2OS. The van der Waals surface area contributed by atoms with Gasteiger partial charge in [0.2, 0.25) is 0 Å². The number of benzene rings is 1. The van der Waals surface area contributed by atoms with E-state index < -0.39 is 0 Å². The third-order valence-electron chi connectivity index (χ3n) is 2.67. The van der Waals surface area contributed by atoms with Crippen LogP contribution in [0.2, 0.25) is 0 Å². The number of nitrogens with zero attached hydrogens (tertiary/aromatic N) is 2. The number of halogens is 1. The maximum absolute atomic E-state index is 12.9. The van der Waals surface area contributed by atoms with Crippen LogP contribution in [-0.4, -0.2) is 9.38 Å². The highest BCUT2D eigenvalue weighted by Gasteiger charge is 2.09. The van der Waals surface area contributed by atoms with Crippen molar-refractivity contribution in [3.63, 3.8) is 0 Å². The number of aryl methyl sites for hydroxylation is 1. The molecule has 0 N–H and O–H groups in total. The summed E-state index contributed by atoms with van der Waals surface area (Å²) < 4.78 is 14.4. The van der Waals surface area contributed by atoms with Crippen molar-refractivity contribution >= 4 is 16.3 Å². The standard InChI is InChI=1S/C13H9FN2OS/c1-8-6-12(17)16-11(7-18-13(16)15-8)9-2-4-10(14)5-3-9/h2-7H,1H3. The lowest BCUT2D eigenvalue weighted by atomic mass is 10.2. The van der Waals surface area contributed by atoms with Gasteiger partial charge in [0, 0.05) is 17.1 Å². The first-order chi connectivity index (χ1) is 8.65. The average molecular weight is 260 g/mol. The van der Waals surface area contributed by atoms with Crippen LogP contribution in [0, 0.1) is 12.7 Å². The van der Waals surface area contributed by atoms with Crippen molar-refractivity contribution in [2.75, 3.05) is 0 Å². The van der Waals surface area contributed by atoms with Gasteiger partial charge in [0.1, 0.15) is 5.82 Å². The lowest BCUT2D eigenvalue weighted by molar-refractivity contribution is 0.628. The van der Waals surface area contributed by atoms with Gasteiger partial charge in [-0.1, -0.05) is 0 Å². The van der Waals surface area contributed by atoms with Crippen molar-refractivity contribution in [2.45, 2.75) is 6.92 Å². The largest absolute Gasteiger partial charge is 0.269 e. The summed E-state index contributed by atoms with van der Waals surface area (Å²) in [4.78, 5) is 16.9. The highest BCUT2D eigenvalue weighted by molar-refractivity contribution is 7.15. The van der Waals surface area contributed by atoms with Gasteiger partial charge in [-0.2, -0.15) is 0 Å². The van der Waals surface area contributed by atoms with Gasteiger partial charge in [-0.15, -0.1) is 11.3 Å². The topological polar surface area (TPSA) is 34.4 Å². The smallest absolute Gasteiger partial charge is 0.259 e. The van der Waals surface area contributed by atoms with Crippen LogP contribution in [0.3, 0.4) is 0 Å². The lowest BCUT2D eigenvalue weighted by Gasteiger charge is -2.01. The molecule has 0 bridgehead atoms. The summed E-state index contributed by atoms with van der Waals surface area (Å²) in [5.41, 5.74) is 2.13. The quantitative estimate of drug-likeness (QED) is 0.674. The molecule has 3 nitrogen and oxygen atoms in total. The van der Waals surface area contributed by atoms with Gasteiger partial charge >= 0.3 is 0 Å². The van der Waals surface area contributed by atoms with Crippen LogP contribution < -0.4 is 5.56 Å². The zero-order valence-electron chi connectivity index (χ0n) is 9.55. The Kier molecular flexibility index (Phi) is 2.48. The fourth-order valence-electron chi connectivity index (χ4n) is 1.85. The van der Waals surface area contributed by atoms with Crippen LogP contribution in [0.25, 0.3) is 16.2 Å². The zero-order chi connectivity index (χ0) is 12.7. The number of aromatic nitrogens is 2. The summed E-state index contributed by atoms with van der Waals surface area (Å²) in [6.07, 6.45) is 0. The number of thiazole rings is 1. The molecule has 0 aliphatic carbocycles. The summed E-state index contributed by atoms with van der Waals surface area (Å²) in [5, 5.41) is 1.86. The molecule has 0 unspecified atom stereocenters. The summed E-state index contributed by atoms with van der Waals surface area (Å²) in [7, 11) is 0. The fourth-order valence-corrected chi connectivity index (χ4v) is 2.80. The Bertz CT molecular complexity index is 774. The van der Waals surface area contributed by atoms with Crippen molar-refractivity contribution in [2.24, 2.45) is 0 Å². The van der Waals surface area contributed by atoms with E-state index >= 15 is 0 Å². The highest BCUT2D eigenvalue weighted by atomic mass is 32.1. The number of hydrogen-bond donors (Lipinski definition) is 0. The normalized spacial score (nSPS) is 11.0. The molecule has 5 heteroatoms. The SMILES string of the molecule is Cc1cc(=O)n2c(-c3ccc(F)cc3)csc2n1. The summed E-state index contributed by atoms with van der Waals surface area (Å²) in [6.45, 7) is 1.79. The second-order valence-electron chi connectivity index (χ2n) is 3.98. The first kappa shape index (κ1) is 11.1. The maximum Gasteiger partial charge on any atom is 0.259 e. The van der Waals surface area contributed by atoms with E-state index in [0.717, 1.165) is 11.3 Å². The van der Waals surface area contributed by atoms with Gasteiger partial charge in [-0.3, -0.25) is 9.20 Å². The molecule has 0 amide bonds. The van der Waals surface area contributed by atoms with Crippen LogP contribution >= 0.6 is 11.3 Å². The number of rotatable bonds is 1. The number of hydrogen-bond acceptors (Lipinski definition) is 3. The molecule has 0 radical (unpaired) electrons. The minimum Gasteiger partial charge on any atom is -0.269 e. The van der Waals surface area contributed by atoms with Crippen molar-refractivity contribution < 1.29 is 4.39 Å². The zero-order valence-corrected chi connectivity index (χ0v) is 10.4. The molecule has 90 valence electrons. The molecule has 2 aromatic heterocycles. The van der Waals surface area contributed by atoms with Crippen LogP contribution in [0.15, 0.2) is 40.5 Å². The summed E-state index contributed by atoms with van der Waals surface area (Å²) >= 11 is 1.40. The Morgan fingerprint density at radius 2 is 2.00 bits per heavy atom. The van der Waals surface area contributed by atoms with Crippen LogP contribution in [0.1, 0.15) is 5.69 Å². The molecule has 18 heavy (non-hydrogen) atoms. The van der Waals surface area contributed by atoms with E-state index in [1.807, 2.05) is 5.38 Å². The van der Waals surface area contributed by atoms with Crippen LogP contribution in [0.4, 0.5) is 4.39 Å². The molecule has 2 heterocycles. The van der Waals surface area contributed by atoms with Crippen molar-refractivity contribution in [3.05, 3.63) is 57.6 Å². The summed E-state index contributed by atoms with van der Waals surface area (Å²) in [5.74, 6) is -0.292. The van der Waals surface area contributed by atoms with E-state index in [1.165, 1.54) is 29.5 Å². The molecule has 3 rings (SSSR count). The molecular weight excluding hydrogens is 251 g/mol. The second kappa shape index (κ2) is 4.03. The van der Waals surface area contributed by atoms with Crippen LogP contribution in [-0.2, 0) is 0 Å². The average Bonchev–Trinajstić information content (AvgIpc) is 2.74. The molecule has 0 fully saturated rings. The molecule has 1 aromatic carbocycles. The van der Waals surface area contributed by atoms with E-state index in [2.05, 4.69) is 4.98 Å². The van der Waals surface area contributed by atoms with E-state index in [1.54, 1.807) is 23.5 Å². The maximum atomic E-state index is 12.9. The predicted molar refractivity (Wildman–Crippen MR) is 69.5 cm³/mol. The molecule has 0 aliphatic rings. The monoisotopic (exact) mass is 260 g/mol. The third kappa shape index (κ3) is 1.73. The highest BCUT2D eigenvalue weighted by Crippen LogP contribution is 2.24. The predicted octanol–water partition coefficient (Wildman–Crippen LogP) is 2.87. The Morgan fingerprint density at radius 1 is 1.28 bits per heavy atom. The van der Waals surface area contributed by atoms with Gasteiger partial charge in [0.15, 0.2) is 4.96 Å². The molecule has 0 saturated heterocycles. The van der Waals surface area contributed by atoms with E-state index in [9.17, 15) is 9.18 Å². The molecule has 0 saturated carbocycles. The van der Waals surface area contributed by atoms with Gasteiger partial charge in [0.25, 0.3) is 5.56 Å². The van der Waals surface area contributed by atoms with Crippen molar-refractivity contribution in [3.8, 4) is 11.3 Å². The van der Waals surface area contributed by atoms with Crippen molar-refractivity contribution in [1.29, 1.82) is 0 Å². The Morgan fingerprint density at radius 3 is 2.72 bits per heavy atom. The lowest BCUT2D eigenvalue weighted by Crippen LogP contribution is -2.13. The Labute approximate surface area is 106 Å². The molecule has 0 aliphatic heterocycles. The first-order valence-electron chi connectivity index (χ1n) is 5.39. The van der Waals surface area contributed by atoms with Gasteiger partial charge in [-0.25, -0.2) is 9.37 Å². The minimum atomic E-state index is -0.292. The van der Waals surface area contributed by atoms with Crippen LogP contribution in [0.5, 0.6) is 0 Å². The Balaban J connectivity index is 2.30. The second-order valence-corrected chi connectivity index (χ2v) is 4.82. The van der Waals surface area contributed by atoms with E-state index in [4.69, 9.17) is 0 Å². The Hall–Kier alpha value is -2.01. The first-order valence-corrected chi connectivity index (χ1v) is 6.27. The van der Waals surface area contributed by atoms with Gasteiger partial charge < -0.3 is 0 Å². The summed E-state index contributed by atoms with van der Waals surface area (Å²) in [6, 6.07) is 7.57. The van der Waals surface area contributed by atoms with Gasteiger partial charge in [0.05, 0.1) is 5.69 Å². The molecule has 0 atom stereocenters. The van der Waals surface area contributed by atoms with Gasteiger partial charge in [-0.05, 0) is 36.8 Å². The van der Waals surface area contributed by atoms with E-state index in [0.29, 0.717) is 10.7 Å². The van der Waals surface area contributed by atoms with E-state index in [-0.39, 0.29) is 11.4 Å². The number of fused-ring (bicyclic) bond motifs is 1. The molecule has 3 aromatic rings. The van der Waals surface area contributed by atoms with Crippen molar-refractivity contribution in [1.82, 2.24) is 9.38 Å².